The number of rotatable bonds is 8. The van der Waals surface area contributed by atoms with E-state index in [0.29, 0.717) is 36.3 Å². The Labute approximate surface area is 227 Å². The Balaban J connectivity index is 1.15. The molecule has 212 valence electrons. The molecule has 2 amide bonds. The summed E-state index contributed by atoms with van der Waals surface area (Å²) >= 11 is 0. The lowest BCUT2D eigenvalue weighted by molar-refractivity contribution is -0.214. The normalized spacial score (nSPS) is 28.8. The van der Waals surface area contributed by atoms with Gasteiger partial charge in [-0.2, -0.15) is 5.10 Å². The van der Waals surface area contributed by atoms with Crippen LogP contribution in [0.3, 0.4) is 0 Å². The molecule has 3 aromatic rings. The maximum absolute atomic E-state index is 14.0. The zero-order chi connectivity index (χ0) is 27.9. The minimum Gasteiger partial charge on any atom is -0.348 e. The Bertz CT molecular complexity index is 1470. The highest BCUT2D eigenvalue weighted by atomic mass is 19.3. The van der Waals surface area contributed by atoms with Crippen molar-refractivity contribution < 1.29 is 27.4 Å². The van der Waals surface area contributed by atoms with E-state index < -0.39 is 29.0 Å². The lowest BCUT2D eigenvalue weighted by atomic mass is 9.42. The summed E-state index contributed by atoms with van der Waals surface area (Å²) in [6.45, 7) is 1.59. The van der Waals surface area contributed by atoms with Crippen molar-refractivity contribution in [2.24, 2.45) is 17.3 Å². The van der Waals surface area contributed by atoms with Gasteiger partial charge >= 0.3 is 0 Å². The summed E-state index contributed by atoms with van der Waals surface area (Å²) < 4.78 is 48.2. The maximum Gasteiger partial charge on any atom is 0.276 e. The molecule has 13 heteroatoms. The predicted molar refractivity (Wildman–Crippen MR) is 133 cm³/mol. The number of alkyl halides is 3. The molecule has 2 N–H and O–H groups in total. The second kappa shape index (κ2) is 8.74. The minimum absolute atomic E-state index is 0.0285. The number of amides is 2. The number of halogens is 3. The van der Waals surface area contributed by atoms with E-state index in [0.717, 1.165) is 18.4 Å². The number of imidazole rings is 1. The quantitative estimate of drug-likeness (QED) is 0.425. The average molecular weight is 558 g/mol. The first-order valence-corrected chi connectivity index (χ1v) is 13.9. The van der Waals surface area contributed by atoms with E-state index in [1.807, 2.05) is 6.07 Å². The molecule has 0 aromatic carbocycles. The highest BCUT2D eigenvalue weighted by Gasteiger charge is 2.73. The highest BCUT2D eigenvalue weighted by molar-refractivity contribution is 5.93. The monoisotopic (exact) mass is 557 g/mol. The summed E-state index contributed by atoms with van der Waals surface area (Å²) in [7, 11) is 0. The highest BCUT2D eigenvalue weighted by Crippen LogP contribution is 2.69. The molecular weight excluding hydrogens is 527 g/mol. The maximum atomic E-state index is 14.0. The van der Waals surface area contributed by atoms with E-state index in [9.17, 15) is 22.8 Å². The number of aromatic nitrogens is 5. The molecule has 3 aromatic heterocycles. The molecule has 5 saturated carbocycles. The Kier molecular flexibility index (Phi) is 5.56. The molecule has 40 heavy (non-hydrogen) atoms. The summed E-state index contributed by atoms with van der Waals surface area (Å²) in [5.74, 6) is -3.32. The first-order valence-electron chi connectivity index (χ1n) is 13.9. The van der Waals surface area contributed by atoms with Crippen LogP contribution in [0.2, 0.25) is 0 Å². The van der Waals surface area contributed by atoms with E-state index in [4.69, 9.17) is 4.98 Å². The molecule has 5 aliphatic rings. The summed E-state index contributed by atoms with van der Waals surface area (Å²) in [5, 5.41) is 17.9. The van der Waals surface area contributed by atoms with Gasteiger partial charge in [0.1, 0.15) is 11.4 Å². The van der Waals surface area contributed by atoms with Gasteiger partial charge in [0.25, 0.3) is 5.91 Å². The Morgan fingerprint density at radius 2 is 1.73 bits per heavy atom. The number of carbonyl (C=O) groups excluding carboxylic acids is 2. The number of nitrogens with zero attached hydrogens (tertiary/aromatic N) is 5. The van der Waals surface area contributed by atoms with E-state index in [1.54, 1.807) is 23.8 Å². The fourth-order valence-electron chi connectivity index (χ4n) is 6.81. The summed E-state index contributed by atoms with van der Waals surface area (Å²) in [6.07, 6.45) is 6.15. The van der Waals surface area contributed by atoms with Crippen LogP contribution in [0.1, 0.15) is 97.3 Å². The molecule has 5 fully saturated rings. The number of nitrogens with one attached hydrogen (secondary N) is 2. The molecule has 3 heterocycles. The topological polar surface area (TPSA) is 127 Å². The van der Waals surface area contributed by atoms with Gasteiger partial charge in [-0.15, -0.1) is 0 Å². The van der Waals surface area contributed by atoms with Gasteiger partial charge in [-0.1, -0.05) is 5.16 Å². The van der Waals surface area contributed by atoms with E-state index in [2.05, 4.69) is 30.7 Å². The van der Waals surface area contributed by atoms with Crippen molar-refractivity contribution in [3.05, 3.63) is 41.1 Å². The number of carbonyl (C=O) groups is 2. The molecule has 5 aliphatic carbocycles. The third-order valence-corrected chi connectivity index (χ3v) is 9.25. The van der Waals surface area contributed by atoms with Crippen molar-refractivity contribution in [1.29, 1.82) is 0 Å². The molecule has 0 saturated heterocycles. The van der Waals surface area contributed by atoms with Crippen LogP contribution in [-0.2, 0) is 4.79 Å². The number of hydrogen-bond acceptors (Lipinski definition) is 7. The zero-order valence-corrected chi connectivity index (χ0v) is 22.0. The predicted octanol–water partition coefficient (Wildman–Crippen LogP) is 4.18. The second-order valence-electron chi connectivity index (χ2n) is 12.4. The lowest BCUT2D eigenvalue weighted by Crippen LogP contribution is -2.70. The zero-order valence-electron chi connectivity index (χ0n) is 22.0. The Morgan fingerprint density at radius 1 is 1.02 bits per heavy atom. The minimum atomic E-state index is -2.72. The summed E-state index contributed by atoms with van der Waals surface area (Å²) in [6, 6.07) is 0.965. The van der Waals surface area contributed by atoms with Gasteiger partial charge in [0, 0.05) is 12.8 Å². The van der Waals surface area contributed by atoms with Gasteiger partial charge in [-0.25, -0.2) is 27.3 Å². The molecule has 0 unspecified atom stereocenters. The molecule has 0 radical (unpaired) electrons. The SMILES string of the molecule is Cc1nonc1C(=O)N[C@H](c1cn2ncc([C@H](NC(=O)C34CC(F)(C3)C4)C3CC3)cc2n1)C1CCC(F)(F)CC1. The van der Waals surface area contributed by atoms with E-state index in [-0.39, 0.29) is 55.2 Å². The van der Waals surface area contributed by atoms with Gasteiger partial charge in [0.15, 0.2) is 11.3 Å². The summed E-state index contributed by atoms with van der Waals surface area (Å²) in [4.78, 5) is 30.8. The molecule has 2 bridgehead atoms. The van der Waals surface area contributed by atoms with Crippen molar-refractivity contribution in [3.63, 3.8) is 0 Å². The average Bonchev–Trinajstić information content (AvgIpc) is 3.48. The second-order valence-corrected chi connectivity index (χ2v) is 12.4. The van der Waals surface area contributed by atoms with Crippen LogP contribution in [0, 0.1) is 24.2 Å². The smallest absolute Gasteiger partial charge is 0.276 e. The number of hydrogen-bond donors (Lipinski definition) is 2. The molecule has 2 atom stereocenters. The number of aryl methyl sites for hydroxylation is 1. The molecule has 0 aliphatic heterocycles. The molecule has 8 rings (SSSR count). The third kappa shape index (κ3) is 4.33. The van der Waals surface area contributed by atoms with E-state index in [1.165, 1.54) is 0 Å². The van der Waals surface area contributed by atoms with Gasteiger partial charge < -0.3 is 10.6 Å². The van der Waals surface area contributed by atoms with Gasteiger partial charge in [-0.05, 0) is 80.5 Å². The number of fused-ring (bicyclic) bond motifs is 1. The van der Waals surface area contributed by atoms with Crippen molar-refractivity contribution in [2.75, 3.05) is 0 Å². The van der Waals surface area contributed by atoms with Crippen molar-refractivity contribution in [3.8, 4) is 0 Å². The lowest BCUT2D eigenvalue weighted by Gasteiger charge is -2.64. The van der Waals surface area contributed by atoms with Crippen molar-refractivity contribution in [2.45, 2.75) is 88.4 Å². The van der Waals surface area contributed by atoms with Gasteiger partial charge in [0.2, 0.25) is 11.8 Å². The molecular formula is C27H30F3N7O3. The summed E-state index contributed by atoms with van der Waals surface area (Å²) in [5.41, 5.74) is 0.449. The Morgan fingerprint density at radius 3 is 2.35 bits per heavy atom. The fraction of sp³-hybridized carbons (Fsp3) is 0.630. The van der Waals surface area contributed by atoms with Crippen LogP contribution in [-0.4, -0.2) is 48.3 Å². The first-order chi connectivity index (χ1) is 19.0. The van der Waals surface area contributed by atoms with Crippen LogP contribution in [0.4, 0.5) is 13.2 Å². The standard InChI is InChI=1S/C27H30F3N7O3/c1-14-20(36-40-35-14)23(38)33-22(16-4-6-27(29,30)7-5-16)18-10-37-19(32-18)8-17(9-31-37)21(15-2-3-15)34-24(39)25-11-26(28,12-25)13-25/h8-10,15-16,21-22H,2-7,11-13H2,1H3,(H,33,38)(H,34,39)/t21-,22+,25?,26?/m1/s1. The van der Waals surface area contributed by atoms with Crippen LogP contribution in [0.5, 0.6) is 0 Å². The third-order valence-electron chi connectivity index (χ3n) is 9.25. The van der Waals surface area contributed by atoms with Gasteiger partial charge in [0.05, 0.1) is 35.6 Å². The van der Waals surface area contributed by atoms with Crippen LogP contribution >= 0.6 is 0 Å². The molecule has 0 spiro atoms. The fourth-order valence-corrected chi connectivity index (χ4v) is 6.81. The Hall–Kier alpha value is -3.51. The van der Waals surface area contributed by atoms with E-state index >= 15 is 0 Å². The first kappa shape index (κ1) is 25.5. The van der Waals surface area contributed by atoms with Crippen molar-refractivity contribution >= 4 is 17.5 Å². The molecule has 10 nitrogen and oxygen atoms in total. The van der Waals surface area contributed by atoms with Crippen LogP contribution < -0.4 is 10.6 Å². The van der Waals surface area contributed by atoms with Crippen molar-refractivity contribution in [1.82, 2.24) is 35.5 Å². The van der Waals surface area contributed by atoms with Crippen LogP contribution in [0.15, 0.2) is 23.1 Å². The van der Waals surface area contributed by atoms with Gasteiger partial charge in [-0.3, -0.25) is 9.59 Å². The largest absolute Gasteiger partial charge is 0.348 e. The van der Waals surface area contributed by atoms with Crippen LogP contribution in [0.25, 0.3) is 5.65 Å².